The number of hydrogen-bond donors (Lipinski definition) is 0. The van der Waals surface area contributed by atoms with Crippen molar-refractivity contribution in [3.63, 3.8) is 0 Å². The minimum atomic E-state index is -4.41. The van der Waals surface area contributed by atoms with Crippen molar-refractivity contribution in [3.8, 4) is 11.3 Å². The molecule has 0 saturated carbocycles. The summed E-state index contributed by atoms with van der Waals surface area (Å²) in [6, 6.07) is 6.78. The molecule has 1 fully saturated rings. The lowest BCUT2D eigenvalue weighted by Gasteiger charge is -2.31. The lowest BCUT2D eigenvalue weighted by atomic mass is 9.93. The number of hydrogen-bond acceptors (Lipinski definition) is 4. The molecule has 3 aromatic rings. The van der Waals surface area contributed by atoms with E-state index in [2.05, 4.69) is 15.1 Å². The highest BCUT2D eigenvalue weighted by Gasteiger charge is 2.31. The summed E-state index contributed by atoms with van der Waals surface area (Å²) >= 11 is 0. The zero-order valence-corrected chi connectivity index (χ0v) is 16.3. The van der Waals surface area contributed by atoms with Crippen LogP contribution in [0.4, 0.5) is 13.2 Å². The van der Waals surface area contributed by atoms with Crippen LogP contribution in [0.2, 0.25) is 0 Å². The van der Waals surface area contributed by atoms with Gasteiger partial charge in [0.2, 0.25) is 0 Å². The first-order valence-electron chi connectivity index (χ1n) is 9.60. The second kappa shape index (κ2) is 7.89. The van der Waals surface area contributed by atoms with Crippen LogP contribution in [-0.2, 0) is 13.2 Å². The van der Waals surface area contributed by atoms with Crippen LogP contribution in [0.25, 0.3) is 11.3 Å². The fourth-order valence-corrected chi connectivity index (χ4v) is 3.70. The molecule has 1 saturated heterocycles. The lowest BCUT2D eigenvalue weighted by molar-refractivity contribution is -0.137. The maximum Gasteiger partial charge on any atom is 0.416 e. The van der Waals surface area contributed by atoms with Gasteiger partial charge in [0.05, 0.1) is 23.1 Å². The molecule has 3 heterocycles. The van der Waals surface area contributed by atoms with Crippen molar-refractivity contribution >= 4 is 5.91 Å². The molecule has 1 aliphatic heterocycles. The number of rotatable bonds is 3. The van der Waals surface area contributed by atoms with Crippen molar-refractivity contribution in [3.05, 3.63) is 65.9 Å². The monoisotopic (exact) mass is 415 g/mol. The lowest BCUT2D eigenvalue weighted by Crippen LogP contribution is -2.38. The van der Waals surface area contributed by atoms with Gasteiger partial charge in [0.1, 0.15) is 5.69 Å². The summed E-state index contributed by atoms with van der Waals surface area (Å²) in [5, 5.41) is 4.04. The second-order valence-corrected chi connectivity index (χ2v) is 7.31. The molecule has 0 aliphatic carbocycles. The van der Waals surface area contributed by atoms with Crippen LogP contribution < -0.4 is 0 Å². The predicted octanol–water partition coefficient (Wildman–Crippen LogP) is 3.92. The molecule has 4 rings (SSSR count). The average molecular weight is 415 g/mol. The third-order valence-electron chi connectivity index (χ3n) is 5.38. The Bertz CT molecular complexity index is 1050. The molecule has 156 valence electrons. The summed E-state index contributed by atoms with van der Waals surface area (Å²) in [4.78, 5) is 23.2. The van der Waals surface area contributed by atoms with E-state index in [0.717, 1.165) is 17.8 Å². The van der Waals surface area contributed by atoms with Gasteiger partial charge in [-0.15, -0.1) is 0 Å². The normalized spacial score (nSPS) is 15.4. The number of alkyl halides is 3. The van der Waals surface area contributed by atoms with Crippen molar-refractivity contribution in [2.75, 3.05) is 13.1 Å². The van der Waals surface area contributed by atoms with E-state index in [9.17, 15) is 18.0 Å². The van der Waals surface area contributed by atoms with Gasteiger partial charge in [-0.1, -0.05) is 12.1 Å². The van der Waals surface area contributed by atoms with Crippen molar-refractivity contribution in [2.45, 2.75) is 24.9 Å². The molecule has 0 spiro atoms. The number of aromatic nitrogens is 4. The maximum atomic E-state index is 13.0. The Labute approximate surface area is 171 Å². The Morgan fingerprint density at radius 2 is 1.90 bits per heavy atom. The molecule has 1 aromatic carbocycles. The first-order chi connectivity index (χ1) is 14.3. The number of carbonyl (C=O) groups is 1. The largest absolute Gasteiger partial charge is 0.416 e. The van der Waals surface area contributed by atoms with Gasteiger partial charge in [-0.25, -0.2) is 4.98 Å². The summed E-state index contributed by atoms with van der Waals surface area (Å²) in [7, 11) is 1.73. The Morgan fingerprint density at radius 3 is 2.57 bits per heavy atom. The Kier molecular flexibility index (Phi) is 5.27. The number of halogens is 3. The molecule has 0 N–H and O–H groups in total. The van der Waals surface area contributed by atoms with Crippen LogP contribution >= 0.6 is 0 Å². The number of nitrogens with zero attached hydrogens (tertiary/aromatic N) is 5. The van der Waals surface area contributed by atoms with Crippen molar-refractivity contribution in [1.82, 2.24) is 24.6 Å². The van der Waals surface area contributed by atoms with Gasteiger partial charge in [0.25, 0.3) is 5.91 Å². The first kappa shape index (κ1) is 20.1. The number of piperidine rings is 1. The fraction of sp³-hybridized carbons (Fsp3) is 0.333. The molecule has 1 amide bonds. The van der Waals surface area contributed by atoms with E-state index in [4.69, 9.17) is 0 Å². The molecule has 2 aromatic heterocycles. The first-order valence-corrected chi connectivity index (χ1v) is 9.60. The van der Waals surface area contributed by atoms with Gasteiger partial charge in [-0.05, 0) is 31.0 Å². The molecule has 0 unspecified atom stereocenters. The van der Waals surface area contributed by atoms with Crippen molar-refractivity contribution < 1.29 is 18.0 Å². The third-order valence-corrected chi connectivity index (χ3v) is 5.38. The van der Waals surface area contributed by atoms with Crippen LogP contribution in [0, 0.1) is 0 Å². The summed E-state index contributed by atoms with van der Waals surface area (Å²) in [5.74, 6) is 0.0380. The zero-order chi connectivity index (χ0) is 21.3. The molecular formula is C21H20F3N5O. The van der Waals surface area contributed by atoms with Crippen LogP contribution in [0.1, 0.15) is 40.5 Å². The van der Waals surface area contributed by atoms with Crippen LogP contribution in [0.5, 0.6) is 0 Å². The van der Waals surface area contributed by atoms with E-state index in [1.54, 1.807) is 41.2 Å². The molecule has 6 nitrogen and oxygen atoms in total. The minimum absolute atomic E-state index is 0.0581. The fourth-order valence-electron chi connectivity index (χ4n) is 3.70. The standard InChI is InChI=1S/C21H20F3N5O/c1-28-19(5-8-26-28)20(30)29-9-6-14(7-10-29)17-12-25-13-18(27-17)15-3-2-4-16(11-15)21(22,23)24/h2-5,8,11-14H,6-7,9-10H2,1H3. The highest BCUT2D eigenvalue weighted by Crippen LogP contribution is 2.33. The van der Waals surface area contributed by atoms with Crippen molar-refractivity contribution in [2.24, 2.45) is 7.05 Å². The average Bonchev–Trinajstić information content (AvgIpc) is 3.19. The van der Waals surface area contributed by atoms with E-state index in [0.29, 0.717) is 42.9 Å². The summed E-state index contributed by atoms with van der Waals surface area (Å²) in [6.45, 7) is 1.15. The Hall–Kier alpha value is -3.23. The minimum Gasteiger partial charge on any atom is -0.337 e. The van der Waals surface area contributed by atoms with Crippen LogP contribution in [0.3, 0.4) is 0 Å². The molecule has 0 bridgehead atoms. The van der Waals surface area contributed by atoms with E-state index in [1.807, 2.05) is 0 Å². The summed E-state index contributed by atoms with van der Waals surface area (Å²) < 4.78 is 40.6. The van der Waals surface area contributed by atoms with Gasteiger partial charge in [0, 0.05) is 44.0 Å². The summed E-state index contributed by atoms with van der Waals surface area (Å²) in [5.41, 5.74) is 1.35. The third kappa shape index (κ3) is 4.05. The molecular weight excluding hydrogens is 395 g/mol. The van der Waals surface area contributed by atoms with Gasteiger partial charge in [-0.3, -0.25) is 14.5 Å². The molecule has 9 heteroatoms. The van der Waals surface area contributed by atoms with Crippen LogP contribution in [0.15, 0.2) is 48.9 Å². The van der Waals surface area contributed by atoms with E-state index < -0.39 is 11.7 Å². The summed E-state index contributed by atoms with van der Waals surface area (Å²) in [6.07, 6.45) is 1.73. The van der Waals surface area contributed by atoms with E-state index in [-0.39, 0.29) is 11.8 Å². The van der Waals surface area contributed by atoms with E-state index >= 15 is 0 Å². The van der Waals surface area contributed by atoms with Gasteiger partial charge in [0.15, 0.2) is 0 Å². The zero-order valence-electron chi connectivity index (χ0n) is 16.3. The van der Waals surface area contributed by atoms with Crippen LogP contribution in [-0.4, -0.2) is 43.6 Å². The van der Waals surface area contributed by atoms with Crippen molar-refractivity contribution in [1.29, 1.82) is 0 Å². The van der Waals surface area contributed by atoms with Gasteiger partial charge >= 0.3 is 6.18 Å². The topological polar surface area (TPSA) is 63.9 Å². The van der Waals surface area contributed by atoms with Gasteiger partial charge in [-0.2, -0.15) is 18.3 Å². The molecule has 0 radical (unpaired) electrons. The number of benzene rings is 1. The Morgan fingerprint density at radius 1 is 1.13 bits per heavy atom. The highest BCUT2D eigenvalue weighted by molar-refractivity contribution is 5.92. The predicted molar refractivity (Wildman–Crippen MR) is 104 cm³/mol. The number of aryl methyl sites for hydroxylation is 1. The quantitative estimate of drug-likeness (QED) is 0.651. The number of amides is 1. The number of likely N-dealkylation sites (tertiary alicyclic amines) is 1. The highest BCUT2D eigenvalue weighted by atomic mass is 19.4. The SMILES string of the molecule is Cn1nccc1C(=O)N1CCC(c2cncc(-c3cccc(C(F)(F)F)c3)n2)CC1. The number of carbonyl (C=O) groups excluding carboxylic acids is 1. The second-order valence-electron chi connectivity index (χ2n) is 7.31. The van der Waals surface area contributed by atoms with Gasteiger partial charge < -0.3 is 4.90 Å². The molecule has 1 aliphatic rings. The van der Waals surface area contributed by atoms with E-state index in [1.165, 1.54) is 12.3 Å². The maximum absolute atomic E-state index is 13.0. The smallest absolute Gasteiger partial charge is 0.337 e. The molecule has 30 heavy (non-hydrogen) atoms. The Balaban J connectivity index is 1.48. The molecule has 0 atom stereocenters.